The van der Waals surface area contributed by atoms with Crippen LogP contribution >= 0.6 is 0 Å². The number of para-hydroxylation sites is 1. The largest absolute Gasteiger partial charge is 0.294 e. The second-order valence-corrected chi connectivity index (χ2v) is 4.27. The molecule has 18 heavy (non-hydrogen) atoms. The van der Waals surface area contributed by atoms with Crippen molar-refractivity contribution in [1.29, 1.82) is 0 Å². The van der Waals surface area contributed by atoms with E-state index in [0.717, 1.165) is 4.90 Å². The standard InChI is InChI=1S/C14H13NO3/c1-8-9(2)14(18)15(13(8)17)12-7-5-4-6-11(12)10(3)16/h4-7H,1-3H3. The highest BCUT2D eigenvalue weighted by Gasteiger charge is 2.35. The Balaban J connectivity index is 2.56. The molecule has 0 saturated carbocycles. The van der Waals surface area contributed by atoms with Crippen LogP contribution < -0.4 is 4.90 Å². The van der Waals surface area contributed by atoms with E-state index in [1.54, 1.807) is 38.1 Å². The number of carbonyl (C=O) groups is 3. The molecule has 4 nitrogen and oxygen atoms in total. The molecule has 0 radical (unpaired) electrons. The Morgan fingerprint density at radius 3 is 2.00 bits per heavy atom. The van der Waals surface area contributed by atoms with Crippen molar-refractivity contribution in [2.75, 3.05) is 4.90 Å². The van der Waals surface area contributed by atoms with Crippen molar-refractivity contribution in [1.82, 2.24) is 0 Å². The van der Waals surface area contributed by atoms with Crippen LogP contribution in [0.4, 0.5) is 5.69 Å². The minimum atomic E-state index is -0.355. The van der Waals surface area contributed by atoms with Gasteiger partial charge in [0.05, 0.1) is 5.69 Å². The number of benzene rings is 1. The number of hydrogen-bond acceptors (Lipinski definition) is 3. The fourth-order valence-electron chi connectivity index (χ4n) is 1.93. The van der Waals surface area contributed by atoms with Gasteiger partial charge >= 0.3 is 0 Å². The van der Waals surface area contributed by atoms with Gasteiger partial charge in [-0.3, -0.25) is 14.4 Å². The first kappa shape index (κ1) is 12.2. The summed E-state index contributed by atoms with van der Waals surface area (Å²) in [6, 6.07) is 6.63. The smallest absolute Gasteiger partial charge is 0.261 e. The Bertz CT molecular complexity index is 575. The lowest BCUT2D eigenvalue weighted by Crippen LogP contribution is -2.32. The number of Topliss-reactive ketones (excluding diaryl/α,β-unsaturated/α-hetero) is 1. The molecule has 1 aromatic rings. The zero-order valence-corrected chi connectivity index (χ0v) is 10.5. The fourth-order valence-corrected chi connectivity index (χ4v) is 1.93. The molecule has 0 fully saturated rings. The van der Waals surface area contributed by atoms with Crippen molar-refractivity contribution in [3.63, 3.8) is 0 Å². The van der Waals surface area contributed by atoms with Crippen LogP contribution in [0.15, 0.2) is 35.4 Å². The highest BCUT2D eigenvalue weighted by molar-refractivity contribution is 6.33. The number of nitrogens with zero attached hydrogens (tertiary/aromatic N) is 1. The Kier molecular flexibility index (Phi) is 2.87. The normalized spacial score (nSPS) is 15.6. The molecule has 0 spiro atoms. The summed E-state index contributed by atoms with van der Waals surface area (Å²) < 4.78 is 0. The van der Waals surface area contributed by atoms with Gasteiger partial charge in [0.2, 0.25) is 0 Å². The van der Waals surface area contributed by atoms with Gasteiger partial charge in [0.15, 0.2) is 5.78 Å². The summed E-state index contributed by atoms with van der Waals surface area (Å²) in [5, 5.41) is 0. The minimum absolute atomic E-state index is 0.173. The molecule has 2 rings (SSSR count). The molecule has 1 aliphatic heterocycles. The van der Waals surface area contributed by atoms with Crippen LogP contribution in [0.25, 0.3) is 0 Å². The first-order valence-electron chi connectivity index (χ1n) is 5.61. The molecular weight excluding hydrogens is 230 g/mol. The van der Waals surface area contributed by atoms with E-state index < -0.39 is 0 Å². The maximum atomic E-state index is 12.0. The first-order chi connectivity index (χ1) is 8.45. The predicted octanol–water partition coefficient (Wildman–Crippen LogP) is 2.10. The van der Waals surface area contributed by atoms with Crippen molar-refractivity contribution in [3.8, 4) is 0 Å². The lowest BCUT2D eigenvalue weighted by Gasteiger charge is -2.17. The molecule has 2 amide bonds. The van der Waals surface area contributed by atoms with Gasteiger partial charge in [-0.2, -0.15) is 0 Å². The Labute approximate surface area is 105 Å². The number of rotatable bonds is 2. The van der Waals surface area contributed by atoms with Crippen LogP contribution in [0.2, 0.25) is 0 Å². The van der Waals surface area contributed by atoms with E-state index in [2.05, 4.69) is 0 Å². The molecule has 1 aliphatic rings. The third-order valence-electron chi connectivity index (χ3n) is 3.13. The molecule has 4 heteroatoms. The van der Waals surface area contributed by atoms with E-state index in [0.29, 0.717) is 22.4 Å². The van der Waals surface area contributed by atoms with Crippen LogP contribution in [0.5, 0.6) is 0 Å². The Hall–Kier alpha value is -2.23. The quantitative estimate of drug-likeness (QED) is 0.590. The van der Waals surface area contributed by atoms with E-state index in [1.165, 1.54) is 6.92 Å². The van der Waals surface area contributed by atoms with Gasteiger partial charge in [-0.1, -0.05) is 12.1 Å². The molecule has 0 unspecified atom stereocenters. The summed E-state index contributed by atoms with van der Waals surface area (Å²) >= 11 is 0. The second-order valence-electron chi connectivity index (χ2n) is 4.27. The van der Waals surface area contributed by atoms with Crippen molar-refractivity contribution < 1.29 is 14.4 Å². The SMILES string of the molecule is CC(=O)c1ccccc1N1C(=O)C(C)=C(C)C1=O. The third-order valence-corrected chi connectivity index (χ3v) is 3.13. The summed E-state index contributed by atoms with van der Waals surface area (Å²) in [6.45, 7) is 4.65. The summed E-state index contributed by atoms with van der Waals surface area (Å²) in [5.74, 6) is -0.884. The number of ketones is 1. The zero-order chi connectivity index (χ0) is 13.4. The third kappa shape index (κ3) is 1.66. The predicted molar refractivity (Wildman–Crippen MR) is 67.3 cm³/mol. The molecule has 1 aromatic carbocycles. The minimum Gasteiger partial charge on any atom is -0.294 e. The van der Waals surface area contributed by atoms with E-state index >= 15 is 0 Å². The van der Waals surface area contributed by atoms with Gasteiger partial charge in [0, 0.05) is 16.7 Å². The number of hydrogen-bond donors (Lipinski definition) is 0. The van der Waals surface area contributed by atoms with Crippen LogP contribution in [-0.2, 0) is 9.59 Å². The number of amides is 2. The molecule has 1 heterocycles. The molecule has 0 saturated heterocycles. The monoisotopic (exact) mass is 243 g/mol. The van der Waals surface area contributed by atoms with Gasteiger partial charge < -0.3 is 0 Å². The van der Waals surface area contributed by atoms with E-state index in [-0.39, 0.29) is 17.6 Å². The van der Waals surface area contributed by atoms with E-state index in [1.807, 2.05) is 0 Å². The lowest BCUT2D eigenvalue weighted by molar-refractivity contribution is -0.120. The maximum absolute atomic E-state index is 12.0. The van der Waals surface area contributed by atoms with Crippen molar-refractivity contribution >= 4 is 23.3 Å². The zero-order valence-electron chi connectivity index (χ0n) is 10.5. The maximum Gasteiger partial charge on any atom is 0.261 e. The van der Waals surface area contributed by atoms with Gasteiger partial charge in [-0.15, -0.1) is 0 Å². The number of carbonyl (C=O) groups excluding carboxylic acids is 3. The molecular formula is C14H13NO3. The number of imide groups is 1. The first-order valence-corrected chi connectivity index (χ1v) is 5.61. The topological polar surface area (TPSA) is 54.5 Å². The van der Waals surface area contributed by atoms with Gasteiger partial charge in [0.1, 0.15) is 0 Å². The molecule has 0 atom stereocenters. The Morgan fingerprint density at radius 2 is 1.50 bits per heavy atom. The van der Waals surface area contributed by atoms with E-state index in [4.69, 9.17) is 0 Å². The van der Waals surface area contributed by atoms with Gasteiger partial charge in [0.25, 0.3) is 11.8 Å². The molecule has 0 aromatic heterocycles. The summed E-state index contributed by atoms with van der Waals surface area (Å²) in [4.78, 5) is 36.7. The average molecular weight is 243 g/mol. The number of anilines is 1. The van der Waals surface area contributed by atoms with Crippen LogP contribution in [0, 0.1) is 0 Å². The molecule has 0 bridgehead atoms. The fraction of sp³-hybridized carbons (Fsp3) is 0.214. The van der Waals surface area contributed by atoms with Crippen molar-refractivity contribution in [2.24, 2.45) is 0 Å². The molecule has 92 valence electrons. The highest BCUT2D eigenvalue weighted by Crippen LogP contribution is 2.29. The summed E-state index contributed by atoms with van der Waals surface area (Å²) in [5.41, 5.74) is 1.59. The highest BCUT2D eigenvalue weighted by atomic mass is 16.2. The Morgan fingerprint density at radius 1 is 1.00 bits per heavy atom. The lowest BCUT2D eigenvalue weighted by atomic mass is 10.1. The van der Waals surface area contributed by atoms with Crippen LogP contribution in [0.1, 0.15) is 31.1 Å². The molecule has 0 N–H and O–H groups in total. The van der Waals surface area contributed by atoms with Crippen LogP contribution in [-0.4, -0.2) is 17.6 Å². The van der Waals surface area contributed by atoms with Crippen LogP contribution in [0.3, 0.4) is 0 Å². The summed E-state index contributed by atoms with van der Waals surface area (Å²) in [7, 11) is 0. The van der Waals surface area contributed by atoms with E-state index in [9.17, 15) is 14.4 Å². The second kappa shape index (κ2) is 4.22. The van der Waals surface area contributed by atoms with Crippen molar-refractivity contribution in [2.45, 2.75) is 20.8 Å². The summed E-state index contributed by atoms with van der Waals surface area (Å²) in [6.07, 6.45) is 0. The van der Waals surface area contributed by atoms with Gasteiger partial charge in [-0.25, -0.2) is 4.90 Å². The average Bonchev–Trinajstić information content (AvgIpc) is 2.54. The van der Waals surface area contributed by atoms with Gasteiger partial charge in [-0.05, 0) is 32.9 Å². The molecule has 0 aliphatic carbocycles. The van der Waals surface area contributed by atoms with Crippen molar-refractivity contribution in [3.05, 3.63) is 41.0 Å².